The van der Waals surface area contributed by atoms with Gasteiger partial charge in [-0.15, -0.1) is 12.4 Å². The molecule has 2 fully saturated rings. The van der Waals surface area contributed by atoms with Gasteiger partial charge in [-0.3, -0.25) is 4.79 Å². The summed E-state index contributed by atoms with van der Waals surface area (Å²) in [6.07, 6.45) is 9.26. The summed E-state index contributed by atoms with van der Waals surface area (Å²) in [4.78, 5) is 12.1. The van der Waals surface area contributed by atoms with E-state index >= 15 is 0 Å². The lowest BCUT2D eigenvalue weighted by Crippen LogP contribution is -2.32. The molecule has 0 bridgehead atoms. The zero-order valence-corrected chi connectivity index (χ0v) is 16.0. The van der Waals surface area contributed by atoms with Crippen LogP contribution in [0.2, 0.25) is 0 Å². The molecule has 0 aromatic heterocycles. The van der Waals surface area contributed by atoms with Gasteiger partial charge in [-0.05, 0) is 81.4 Å². The maximum atomic E-state index is 12.1. The van der Waals surface area contributed by atoms with Gasteiger partial charge < -0.3 is 10.6 Å². The third-order valence-electron chi connectivity index (χ3n) is 5.94. The Bertz CT molecular complexity index is 494. The standard InChI is InChI=1S/C21H32N2O.ClH/c24-21(11-8-17-12-14-22-15-13-17)23-16-18-6-9-20(10-7-18)19-4-2-1-3-5-19;/h1-5,17-18,20,22H,6-16H2,(H,23,24);1H. The number of rotatable bonds is 6. The Labute approximate surface area is 158 Å². The molecular weight excluding hydrogens is 332 g/mol. The molecule has 1 saturated heterocycles. The van der Waals surface area contributed by atoms with Crippen LogP contribution in [0, 0.1) is 11.8 Å². The quantitative estimate of drug-likeness (QED) is 0.791. The summed E-state index contributed by atoms with van der Waals surface area (Å²) in [5.74, 6) is 2.41. The monoisotopic (exact) mass is 364 g/mol. The molecule has 1 aromatic carbocycles. The van der Waals surface area contributed by atoms with Gasteiger partial charge in [-0.2, -0.15) is 0 Å². The molecule has 3 nitrogen and oxygen atoms in total. The number of amides is 1. The molecule has 1 heterocycles. The van der Waals surface area contributed by atoms with Gasteiger partial charge in [0.25, 0.3) is 0 Å². The normalized spacial score (nSPS) is 24.3. The van der Waals surface area contributed by atoms with Gasteiger partial charge in [-0.1, -0.05) is 30.3 Å². The summed E-state index contributed by atoms with van der Waals surface area (Å²) in [5.41, 5.74) is 1.49. The first kappa shape index (κ1) is 20.3. The summed E-state index contributed by atoms with van der Waals surface area (Å²) in [5, 5.41) is 6.58. The molecule has 1 saturated carbocycles. The smallest absolute Gasteiger partial charge is 0.220 e. The van der Waals surface area contributed by atoms with Crippen molar-refractivity contribution in [3.63, 3.8) is 0 Å². The summed E-state index contributed by atoms with van der Waals surface area (Å²) in [6.45, 7) is 3.13. The summed E-state index contributed by atoms with van der Waals surface area (Å²) in [7, 11) is 0. The second-order valence-corrected chi connectivity index (χ2v) is 7.66. The van der Waals surface area contributed by atoms with E-state index in [-0.39, 0.29) is 18.3 Å². The summed E-state index contributed by atoms with van der Waals surface area (Å²) >= 11 is 0. The molecular formula is C21H33ClN2O. The van der Waals surface area contributed by atoms with Gasteiger partial charge in [0.1, 0.15) is 0 Å². The molecule has 1 amide bonds. The van der Waals surface area contributed by atoms with Gasteiger partial charge in [0.15, 0.2) is 0 Å². The second kappa shape index (κ2) is 10.8. The molecule has 25 heavy (non-hydrogen) atoms. The molecule has 1 aromatic rings. The first-order chi connectivity index (χ1) is 11.8. The highest BCUT2D eigenvalue weighted by atomic mass is 35.5. The number of nitrogens with one attached hydrogen (secondary N) is 2. The van der Waals surface area contributed by atoms with Crippen molar-refractivity contribution in [2.24, 2.45) is 11.8 Å². The average Bonchev–Trinajstić information content (AvgIpc) is 2.67. The fourth-order valence-electron chi connectivity index (χ4n) is 4.28. The topological polar surface area (TPSA) is 41.1 Å². The van der Waals surface area contributed by atoms with Crippen LogP contribution in [-0.2, 0) is 4.79 Å². The average molecular weight is 365 g/mol. The SMILES string of the molecule is Cl.O=C(CCC1CCNCC1)NCC1CCC(c2ccccc2)CC1. The number of benzene rings is 1. The van der Waals surface area contributed by atoms with Crippen LogP contribution in [0.1, 0.15) is 62.8 Å². The van der Waals surface area contributed by atoms with Crippen molar-refractivity contribution in [2.45, 2.75) is 57.3 Å². The van der Waals surface area contributed by atoms with Crippen LogP contribution < -0.4 is 10.6 Å². The highest BCUT2D eigenvalue weighted by Gasteiger charge is 2.22. The lowest BCUT2D eigenvalue weighted by molar-refractivity contribution is -0.121. The van der Waals surface area contributed by atoms with Crippen LogP contribution in [0.3, 0.4) is 0 Å². The minimum atomic E-state index is 0. The van der Waals surface area contributed by atoms with Crippen LogP contribution in [0.25, 0.3) is 0 Å². The van der Waals surface area contributed by atoms with E-state index in [0.29, 0.717) is 12.3 Å². The zero-order valence-electron chi connectivity index (χ0n) is 15.2. The molecule has 1 aliphatic carbocycles. The van der Waals surface area contributed by atoms with E-state index in [1.165, 1.54) is 44.1 Å². The Kier molecular flexibility index (Phi) is 8.77. The molecule has 0 spiro atoms. The fourth-order valence-corrected chi connectivity index (χ4v) is 4.28. The first-order valence-corrected chi connectivity index (χ1v) is 9.83. The van der Waals surface area contributed by atoms with Crippen molar-refractivity contribution in [3.8, 4) is 0 Å². The third kappa shape index (κ3) is 6.63. The molecule has 4 heteroatoms. The predicted octanol–water partition coefficient (Wildman–Crippen LogP) is 4.28. The molecule has 140 valence electrons. The molecule has 0 atom stereocenters. The van der Waals surface area contributed by atoms with E-state index in [1.54, 1.807) is 0 Å². The number of hydrogen-bond acceptors (Lipinski definition) is 2. The first-order valence-electron chi connectivity index (χ1n) is 9.83. The minimum Gasteiger partial charge on any atom is -0.356 e. The Morgan fingerprint density at radius 1 is 0.960 bits per heavy atom. The van der Waals surface area contributed by atoms with Crippen LogP contribution in [0.5, 0.6) is 0 Å². The van der Waals surface area contributed by atoms with Crippen LogP contribution in [0.15, 0.2) is 30.3 Å². The number of piperidine rings is 1. The van der Waals surface area contributed by atoms with E-state index in [9.17, 15) is 4.79 Å². The molecule has 3 rings (SSSR count). The van der Waals surface area contributed by atoms with Crippen molar-refractivity contribution in [1.29, 1.82) is 0 Å². The van der Waals surface area contributed by atoms with E-state index in [2.05, 4.69) is 41.0 Å². The number of halogens is 1. The third-order valence-corrected chi connectivity index (χ3v) is 5.94. The van der Waals surface area contributed by atoms with E-state index in [0.717, 1.165) is 37.9 Å². The maximum Gasteiger partial charge on any atom is 0.220 e. The van der Waals surface area contributed by atoms with Gasteiger partial charge in [-0.25, -0.2) is 0 Å². The van der Waals surface area contributed by atoms with Gasteiger partial charge in [0.05, 0.1) is 0 Å². The Morgan fingerprint density at radius 2 is 1.64 bits per heavy atom. The van der Waals surface area contributed by atoms with Crippen LogP contribution in [-0.4, -0.2) is 25.5 Å². The van der Waals surface area contributed by atoms with Gasteiger partial charge in [0, 0.05) is 13.0 Å². The zero-order chi connectivity index (χ0) is 16.6. The summed E-state index contributed by atoms with van der Waals surface area (Å²) < 4.78 is 0. The highest BCUT2D eigenvalue weighted by Crippen LogP contribution is 2.35. The largest absolute Gasteiger partial charge is 0.356 e. The van der Waals surface area contributed by atoms with Gasteiger partial charge in [0.2, 0.25) is 5.91 Å². The van der Waals surface area contributed by atoms with Crippen molar-refractivity contribution < 1.29 is 4.79 Å². The minimum absolute atomic E-state index is 0. The molecule has 2 N–H and O–H groups in total. The highest BCUT2D eigenvalue weighted by molar-refractivity contribution is 5.85. The van der Waals surface area contributed by atoms with Crippen molar-refractivity contribution in [1.82, 2.24) is 10.6 Å². The van der Waals surface area contributed by atoms with Crippen LogP contribution >= 0.6 is 12.4 Å². The lowest BCUT2D eigenvalue weighted by atomic mass is 9.78. The van der Waals surface area contributed by atoms with Crippen molar-refractivity contribution >= 4 is 18.3 Å². The molecule has 2 aliphatic rings. The predicted molar refractivity (Wildman–Crippen MR) is 106 cm³/mol. The van der Waals surface area contributed by atoms with E-state index in [1.807, 2.05) is 0 Å². The lowest BCUT2D eigenvalue weighted by Gasteiger charge is -2.29. The molecule has 1 aliphatic heterocycles. The summed E-state index contributed by atoms with van der Waals surface area (Å²) in [6, 6.07) is 10.9. The maximum absolute atomic E-state index is 12.1. The molecule has 0 radical (unpaired) electrons. The Balaban J connectivity index is 0.00000225. The van der Waals surface area contributed by atoms with Crippen LogP contribution in [0.4, 0.5) is 0 Å². The van der Waals surface area contributed by atoms with Crippen molar-refractivity contribution in [2.75, 3.05) is 19.6 Å². The number of carbonyl (C=O) groups excluding carboxylic acids is 1. The van der Waals surface area contributed by atoms with Crippen molar-refractivity contribution in [3.05, 3.63) is 35.9 Å². The molecule has 0 unspecified atom stereocenters. The fraction of sp³-hybridized carbons (Fsp3) is 0.667. The van der Waals surface area contributed by atoms with Gasteiger partial charge >= 0.3 is 0 Å². The van der Waals surface area contributed by atoms with E-state index < -0.39 is 0 Å². The Hall–Kier alpha value is -1.06. The number of carbonyl (C=O) groups is 1. The number of hydrogen-bond donors (Lipinski definition) is 2. The Morgan fingerprint density at radius 3 is 2.32 bits per heavy atom. The second-order valence-electron chi connectivity index (χ2n) is 7.66. The van der Waals surface area contributed by atoms with E-state index in [4.69, 9.17) is 0 Å².